The summed E-state index contributed by atoms with van der Waals surface area (Å²) in [4.78, 5) is 26.5. The number of hydrogen-bond donors (Lipinski definition) is 2. The lowest BCUT2D eigenvalue weighted by Gasteiger charge is -2.37. The van der Waals surface area contributed by atoms with Crippen molar-refractivity contribution in [3.8, 4) is 5.75 Å². The summed E-state index contributed by atoms with van der Waals surface area (Å²) < 4.78 is 7.67. The first-order valence-corrected chi connectivity index (χ1v) is 9.42. The first kappa shape index (κ1) is 25.4. The number of piperidine rings is 1. The maximum absolute atomic E-state index is 12.7. The number of methoxy groups -OCH3 is 1. The molecule has 4 rings (SSSR count). The quantitative estimate of drug-likeness (QED) is 0.718. The normalized spacial score (nSPS) is 20.6. The summed E-state index contributed by atoms with van der Waals surface area (Å²) in [5.74, 6) is -0.110. The standard InChI is InChI=1S/C20H25N3O4.BH3.2FH/c1-11-7-8-22(10-15(11)21)16-6-5-13-17(19(16)27-2)23(12-3-4-12)9-14(18(13)24)20(25)26;;;/h5-6,9,11-12,15H,3-4,7-8,10,21H2,1-2H3,(H,25,26);1H3;2*1H. The molecule has 7 nitrogen and oxygen atoms in total. The molecule has 0 radical (unpaired) electrons. The number of ether oxygens (including phenoxy) is 1. The Labute approximate surface area is 175 Å². The summed E-state index contributed by atoms with van der Waals surface area (Å²) in [7, 11) is 1.59. The largest absolute Gasteiger partial charge is 0.492 e. The van der Waals surface area contributed by atoms with Crippen molar-refractivity contribution in [3.05, 3.63) is 34.1 Å². The number of hydrogen-bond acceptors (Lipinski definition) is 5. The molecule has 1 aromatic heterocycles. The Balaban J connectivity index is 0.00000150. The Hall–Kier alpha value is -2.62. The SMILES string of the molecule is B.COc1c(N2CCC(C)C(N)C2)ccc2c(=O)c(C(=O)O)cn(C3CC3)c12.F.F. The van der Waals surface area contributed by atoms with Crippen molar-refractivity contribution in [2.45, 2.75) is 38.3 Å². The van der Waals surface area contributed by atoms with E-state index in [0.29, 0.717) is 22.6 Å². The van der Waals surface area contributed by atoms with Gasteiger partial charge in [-0.05, 0) is 37.3 Å². The van der Waals surface area contributed by atoms with Crippen LogP contribution in [0.4, 0.5) is 15.1 Å². The van der Waals surface area contributed by atoms with E-state index in [-0.39, 0.29) is 35.5 Å². The average molecular weight is 425 g/mol. The number of benzene rings is 1. The zero-order chi connectivity index (χ0) is 19.3. The van der Waals surface area contributed by atoms with Crippen molar-refractivity contribution in [1.29, 1.82) is 0 Å². The highest BCUT2D eigenvalue weighted by molar-refractivity contribution is 5.97. The number of anilines is 1. The monoisotopic (exact) mass is 425 g/mol. The topological polar surface area (TPSA) is 97.8 Å². The van der Waals surface area contributed by atoms with Crippen LogP contribution in [0.5, 0.6) is 5.75 Å². The van der Waals surface area contributed by atoms with Crippen LogP contribution in [0.1, 0.15) is 42.6 Å². The highest BCUT2D eigenvalue weighted by atomic mass is 19.0. The molecule has 2 heterocycles. The fraction of sp³-hybridized carbons (Fsp3) is 0.500. The molecule has 2 fully saturated rings. The molecule has 2 aliphatic rings. The van der Waals surface area contributed by atoms with E-state index in [2.05, 4.69) is 11.8 Å². The van der Waals surface area contributed by atoms with Gasteiger partial charge in [0.2, 0.25) is 5.43 Å². The van der Waals surface area contributed by atoms with Crippen LogP contribution in [0.3, 0.4) is 0 Å². The Kier molecular flexibility index (Phi) is 8.02. The second kappa shape index (κ2) is 9.46. The van der Waals surface area contributed by atoms with Crippen LogP contribution in [-0.2, 0) is 0 Å². The maximum Gasteiger partial charge on any atom is 0.341 e. The van der Waals surface area contributed by atoms with Crippen LogP contribution in [0.15, 0.2) is 23.1 Å². The van der Waals surface area contributed by atoms with Crippen LogP contribution >= 0.6 is 0 Å². The van der Waals surface area contributed by atoms with Gasteiger partial charge in [0.25, 0.3) is 0 Å². The predicted molar refractivity (Wildman–Crippen MR) is 119 cm³/mol. The van der Waals surface area contributed by atoms with E-state index in [1.54, 1.807) is 13.2 Å². The number of aromatic carboxylic acids is 1. The predicted octanol–water partition coefficient (Wildman–Crippen LogP) is 1.34. The van der Waals surface area contributed by atoms with Gasteiger partial charge in [0.05, 0.1) is 32.1 Å². The van der Waals surface area contributed by atoms with Crippen molar-refractivity contribution in [1.82, 2.24) is 4.57 Å². The third kappa shape index (κ3) is 4.14. The van der Waals surface area contributed by atoms with Gasteiger partial charge in [-0.3, -0.25) is 14.2 Å². The molecule has 30 heavy (non-hydrogen) atoms. The summed E-state index contributed by atoms with van der Waals surface area (Å²) in [6.07, 6.45) is 4.41. The van der Waals surface area contributed by atoms with E-state index in [1.165, 1.54) is 6.20 Å². The van der Waals surface area contributed by atoms with Gasteiger partial charge in [0.15, 0.2) is 5.75 Å². The molecule has 1 saturated heterocycles. The van der Waals surface area contributed by atoms with Crippen LogP contribution in [0.2, 0.25) is 0 Å². The zero-order valence-corrected chi connectivity index (χ0v) is 16.5. The number of pyridine rings is 1. The number of carbonyl (C=O) groups is 1. The van der Waals surface area contributed by atoms with E-state index < -0.39 is 11.4 Å². The highest BCUT2D eigenvalue weighted by Gasteiger charge is 2.31. The average Bonchev–Trinajstić information content (AvgIpc) is 3.48. The van der Waals surface area contributed by atoms with E-state index in [4.69, 9.17) is 10.5 Å². The lowest BCUT2D eigenvalue weighted by atomic mass is 9.93. The Morgan fingerprint density at radius 2 is 1.90 bits per heavy atom. The van der Waals surface area contributed by atoms with Gasteiger partial charge < -0.3 is 25.0 Å². The zero-order valence-electron chi connectivity index (χ0n) is 16.5. The summed E-state index contributed by atoms with van der Waals surface area (Å²) >= 11 is 0. The van der Waals surface area contributed by atoms with Crippen molar-refractivity contribution >= 4 is 31.0 Å². The summed E-state index contributed by atoms with van der Waals surface area (Å²) in [6, 6.07) is 3.87. The maximum atomic E-state index is 12.7. The van der Waals surface area contributed by atoms with E-state index in [0.717, 1.165) is 38.0 Å². The number of carboxylic acids is 1. The Morgan fingerprint density at radius 3 is 2.43 bits per heavy atom. The Morgan fingerprint density at radius 1 is 1.23 bits per heavy atom. The van der Waals surface area contributed by atoms with Crippen LogP contribution < -0.4 is 20.8 Å². The molecular weight excluding hydrogens is 395 g/mol. The molecule has 166 valence electrons. The molecule has 3 N–H and O–H groups in total. The third-order valence-corrected chi connectivity index (χ3v) is 5.86. The molecule has 10 heteroatoms. The molecule has 1 aromatic carbocycles. The smallest absolute Gasteiger partial charge is 0.341 e. The number of rotatable bonds is 4. The molecule has 2 unspecified atom stereocenters. The molecule has 1 aliphatic heterocycles. The van der Waals surface area contributed by atoms with Gasteiger partial charge in [0, 0.05) is 31.4 Å². The summed E-state index contributed by atoms with van der Waals surface area (Å²) in [6.45, 7) is 3.76. The molecular formula is C20H30BF2N3O4. The molecule has 1 aliphatic carbocycles. The van der Waals surface area contributed by atoms with Crippen molar-refractivity contribution in [2.75, 3.05) is 25.1 Å². The fourth-order valence-corrected chi connectivity index (χ4v) is 3.97. The first-order chi connectivity index (χ1) is 12.9. The first-order valence-electron chi connectivity index (χ1n) is 9.42. The minimum Gasteiger partial charge on any atom is -0.492 e. The second-order valence-corrected chi connectivity index (χ2v) is 7.71. The fourth-order valence-electron chi connectivity index (χ4n) is 3.97. The molecule has 0 bridgehead atoms. The van der Waals surface area contributed by atoms with Crippen molar-refractivity contribution in [3.63, 3.8) is 0 Å². The van der Waals surface area contributed by atoms with Gasteiger partial charge in [-0.25, -0.2) is 4.79 Å². The number of nitrogens with zero attached hydrogens (tertiary/aromatic N) is 2. The van der Waals surface area contributed by atoms with Gasteiger partial charge in [-0.15, -0.1) is 0 Å². The molecule has 0 spiro atoms. The van der Waals surface area contributed by atoms with Crippen LogP contribution in [0.25, 0.3) is 10.9 Å². The summed E-state index contributed by atoms with van der Waals surface area (Å²) in [5.41, 5.74) is 7.19. The van der Waals surface area contributed by atoms with Gasteiger partial charge in [-0.1, -0.05) is 6.92 Å². The van der Waals surface area contributed by atoms with Gasteiger partial charge in [0.1, 0.15) is 5.56 Å². The highest BCUT2D eigenvalue weighted by Crippen LogP contribution is 2.42. The third-order valence-electron chi connectivity index (χ3n) is 5.86. The Bertz CT molecular complexity index is 981. The van der Waals surface area contributed by atoms with E-state index in [9.17, 15) is 14.7 Å². The van der Waals surface area contributed by atoms with Crippen LogP contribution in [-0.4, -0.2) is 50.3 Å². The van der Waals surface area contributed by atoms with Gasteiger partial charge in [-0.2, -0.15) is 0 Å². The lowest BCUT2D eigenvalue weighted by molar-refractivity contribution is 0.0695. The number of halogens is 2. The lowest BCUT2D eigenvalue weighted by Crippen LogP contribution is -2.47. The van der Waals surface area contributed by atoms with Crippen LogP contribution in [0, 0.1) is 5.92 Å². The number of fused-ring (bicyclic) bond motifs is 1. The minimum absolute atomic E-state index is 0. The van der Waals surface area contributed by atoms with Gasteiger partial charge >= 0.3 is 5.97 Å². The van der Waals surface area contributed by atoms with E-state index >= 15 is 0 Å². The molecule has 1 saturated carbocycles. The van der Waals surface area contributed by atoms with Crippen molar-refractivity contribution in [2.24, 2.45) is 11.7 Å². The summed E-state index contributed by atoms with van der Waals surface area (Å²) in [5, 5.41) is 9.81. The number of carboxylic acid groups (broad SMARTS) is 1. The minimum atomic E-state index is -1.20. The molecule has 0 amide bonds. The number of nitrogens with two attached hydrogens (primary N) is 1. The van der Waals surface area contributed by atoms with Crippen molar-refractivity contribution < 1.29 is 24.0 Å². The van der Waals surface area contributed by atoms with E-state index in [1.807, 2.05) is 10.6 Å². The number of aromatic nitrogens is 1. The molecule has 2 atom stereocenters. The second-order valence-electron chi connectivity index (χ2n) is 7.71. The molecule has 2 aromatic rings.